The number of nitrogens with one attached hydrogen (secondary N) is 1. The van der Waals surface area contributed by atoms with Crippen molar-refractivity contribution in [3.63, 3.8) is 0 Å². The number of aryl methyl sites for hydroxylation is 1. The molecule has 3 rings (SSSR count). The highest BCUT2D eigenvalue weighted by Crippen LogP contribution is 2.24. The summed E-state index contributed by atoms with van der Waals surface area (Å²) >= 11 is 1.08. The predicted molar refractivity (Wildman–Crippen MR) is 102 cm³/mol. The number of amides is 1. The number of carbonyl (C=O) groups excluding carboxylic acids is 1. The lowest BCUT2D eigenvalue weighted by Crippen LogP contribution is -2.27. The van der Waals surface area contributed by atoms with Crippen LogP contribution in [-0.2, 0) is 6.54 Å². The highest BCUT2D eigenvalue weighted by molar-refractivity contribution is 7.13. The molecule has 2 aromatic heterocycles. The standard InChI is InChI=1S/C19H20N4O3S/c1-11-16(19(25)26)27-18(22-11)12(2)21-17(24)15-9-20-23(13(15)3)10-14-7-5-4-6-8-14/h4-9,12H,10H2,1-3H3,(H,21,24)(H,25,26). The number of hydrogen-bond donors (Lipinski definition) is 2. The highest BCUT2D eigenvalue weighted by atomic mass is 32.1. The Morgan fingerprint density at radius 1 is 1.26 bits per heavy atom. The van der Waals surface area contributed by atoms with E-state index >= 15 is 0 Å². The third kappa shape index (κ3) is 4.06. The fraction of sp³-hybridized carbons (Fsp3) is 0.263. The number of aromatic nitrogens is 3. The van der Waals surface area contributed by atoms with Gasteiger partial charge in [-0.05, 0) is 26.3 Å². The van der Waals surface area contributed by atoms with E-state index in [0.717, 1.165) is 22.6 Å². The van der Waals surface area contributed by atoms with E-state index in [0.29, 0.717) is 22.8 Å². The molecule has 140 valence electrons. The van der Waals surface area contributed by atoms with Crippen molar-refractivity contribution in [2.24, 2.45) is 0 Å². The smallest absolute Gasteiger partial charge is 0.347 e. The molecule has 0 spiro atoms. The summed E-state index contributed by atoms with van der Waals surface area (Å²) in [6.45, 7) is 5.87. The van der Waals surface area contributed by atoms with Gasteiger partial charge in [-0.1, -0.05) is 30.3 Å². The van der Waals surface area contributed by atoms with Crippen LogP contribution < -0.4 is 5.32 Å². The van der Waals surface area contributed by atoms with Crippen LogP contribution in [0.5, 0.6) is 0 Å². The maximum atomic E-state index is 12.6. The second-order valence-corrected chi connectivity index (χ2v) is 7.28. The Morgan fingerprint density at radius 2 is 1.96 bits per heavy atom. The summed E-state index contributed by atoms with van der Waals surface area (Å²) in [7, 11) is 0. The van der Waals surface area contributed by atoms with Crippen molar-refractivity contribution in [1.82, 2.24) is 20.1 Å². The monoisotopic (exact) mass is 384 g/mol. The van der Waals surface area contributed by atoms with Crippen molar-refractivity contribution < 1.29 is 14.7 Å². The normalized spacial score (nSPS) is 12.0. The van der Waals surface area contributed by atoms with Gasteiger partial charge >= 0.3 is 5.97 Å². The van der Waals surface area contributed by atoms with E-state index in [2.05, 4.69) is 15.4 Å². The fourth-order valence-electron chi connectivity index (χ4n) is 2.72. The molecule has 2 N–H and O–H groups in total. The van der Waals surface area contributed by atoms with Gasteiger partial charge in [0.05, 0.1) is 30.0 Å². The number of nitrogens with zero attached hydrogens (tertiary/aromatic N) is 3. The zero-order valence-electron chi connectivity index (χ0n) is 15.3. The SMILES string of the molecule is Cc1nc(C(C)NC(=O)c2cnn(Cc3ccccc3)c2C)sc1C(=O)O. The van der Waals surface area contributed by atoms with Gasteiger partial charge in [0.25, 0.3) is 5.91 Å². The van der Waals surface area contributed by atoms with Crippen molar-refractivity contribution >= 4 is 23.2 Å². The summed E-state index contributed by atoms with van der Waals surface area (Å²) in [4.78, 5) is 28.3. The lowest BCUT2D eigenvalue weighted by atomic mass is 10.2. The molecular weight excluding hydrogens is 364 g/mol. The van der Waals surface area contributed by atoms with Gasteiger partial charge in [-0.15, -0.1) is 11.3 Å². The quantitative estimate of drug-likeness (QED) is 0.680. The molecule has 7 nitrogen and oxygen atoms in total. The van der Waals surface area contributed by atoms with Crippen molar-refractivity contribution in [2.75, 3.05) is 0 Å². The van der Waals surface area contributed by atoms with E-state index in [1.54, 1.807) is 24.7 Å². The van der Waals surface area contributed by atoms with E-state index in [1.807, 2.05) is 37.3 Å². The number of benzene rings is 1. The van der Waals surface area contributed by atoms with Crippen LogP contribution in [0, 0.1) is 13.8 Å². The minimum atomic E-state index is -1.01. The van der Waals surface area contributed by atoms with E-state index in [9.17, 15) is 9.59 Å². The third-order valence-corrected chi connectivity index (χ3v) is 5.58. The summed E-state index contributed by atoms with van der Waals surface area (Å²) in [5.41, 5.74) is 2.81. The van der Waals surface area contributed by atoms with Crippen molar-refractivity contribution in [3.8, 4) is 0 Å². The van der Waals surface area contributed by atoms with E-state index in [-0.39, 0.29) is 10.8 Å². The van der Waals surface area contributed by atoms with Gasteiger partial charge in [-0.3, -0.25) is 9.48 Å². The van der Waals surface area contributed by atoms with Gasteiger partial charge in [-0.25, -0.2) is 9.78 Å². The van der Waals surface area contributed by atoms with Gasteiger partial charge in [0.15, 0.2) is 0 Å². The number of hydrogen-bond acceptors (Lipinski definition) is 5. The third-order valence-electron chi connectivity index (χ3n) is 4.25. The van der Waals surface area contributed by atoms with Crippen LogP contribution >= 0.6 is 11.3 Å². The molecule has 27 heavy (non-hydrogen) atoms. The molecule has 0 saturated carbocycles. The average Bonchev–Trinajstić information content (AvgIpc) is 3.19. The molecule has 0 aliphatic heterocycles. The van der Waals surface area contributed by atoms with Crippen molar-refractivity contribution in [1.29, 1.82) is 0 Å². The van der Waals surface area contributed by atoms with Crippen LogP contribution in [0.2, 0.25) is 0 Å². The summed E-state index contributed by atoms with van der Waals surface area (Å²) in [5, 5.41) is 16.9. The lowest BCUT2D eigenvalue weighted by Gasteiger charge is -2.11. The molecule has 0 fully saturated rings. The first-order chi connectivity index (χ1) is 12.9. The Morgan fingerprint density at radius 3 is 2.59 bits per heavy atom. The summed E-state index contributed by atoms with van der Waals surface area (Å²) < 4.78 is 1.78. The number of thiazole rings is 1. The zero-order chi connectivity index (χ0) is 19.6. The minimum Gasteiger partial charge on any atom is -0.477 e. The molecule has 1 unspecified atom stereocenters. The van der Waals surface area contributed by atoms with Crippen LogP contribution in [0.25, 0.3) is 0 Å². The second kappa shape index (κ2) is 7.71. The van der Waals surface area contributed by atoms with Gasteiger partial charge < -0.3 is 10.4 Å². The molecule has 0 aliphatic rings. The maximum Gasteiger partial charge on any atom is 0.347 e. The predicted octanol–water partition coefficient (Wildman–Crippen LogP) is 3.19. The van der Waals surface area contributed by atoms with Crippen LogP contribution in [-0.4, -0.2) is 31.7 Å². The first-order valence-electron chi connectivity index (χ1n) is 8.44. The Bertz CT molecular complexity index is 978. The molecule has 1 atom stereocenters. The van der Waals surface area contributed by atoms with Gasteiger partial charge in [-0.2, -0.15) is 5.10 Å². The molecule has 1 aromatic carbocycles. The Kier molecular flexibility index (Phi) is 5.36. The van der Waals surface area contributed by atoms with Gasteiger partial charge in [0.2, 0.25) is 0 Å². The van der Waals surface area contributed by atoms with E-state index in [4.69, 9.17) is 5.11 Å². The molecule has 3 aromatic rings. The molecule has 0 saturated heterocycles. The number of carboxylic acid groups (broad SMARTS) is 1. The highest BCUT2D eigenvalue weighted by Gasteiger charge is 2.21. The number of rotatable bonds is 6. The topological polar surface area (TPSA) is 97.1 Å². The largest absolute Gasteiger partial charge is 0.477 e. The maximum absolute atomic E-state index is 12.6. The molecule has 2 heterocycles. The first-order valence-corrected chi connectivity index (χ1v) is 9.26. The Balaban J connectivity index is 1.73. The van der Waals surface area contributed by atoms with E-state index < -0.39 is 12.0 Å². The van der Waals surface area contributed by atoms with Crippen LogP contribution in [0.15, 0.2) is 36.5 Å². The molecule has 8 heteroatoms. The Labute approximate surface area is 160 Å². The fourth-order valence-corrected chi connectivity index (χ4v) is 3.63. The van der Waals surface area contributed by atoms with Crippen molar-refractivity contribution in [3.05, 3.63) is 68.9 Å². The summed E-state index contributed by atoms with van der Waals surface area (Å²) in [6.07, 6.45) is 1.55. The van der Waals surface area contributed by atoms with Crippen LogP contribution in [0.3, 0.4) is 0 Å². The summed E-state index contributed by atoms with van der Waals surface area (Å²) in [5.74, 6) is -1.27. The molecule has 0 aliphatic carbocycles. The molecule has 0 radical (unpaired) electrons. The summed E-state index contributed by atoms with van der Waals surface area (Å²) in [6, 6.07) is 9.50. The molecule has 1 amide bonds. The minimum absolute atomic E-state index is 0.193. The lowest BCUT2D eigenvalue weighted by molar-refractivity contribution is 0.0701. The average molecular weight is 384 g/mol. The van der Waals surface area contributed by atoms with Gasteiger partial charge in [0.1, 0.15) is 9.88 Å². The van der Waals surface area contributed by atoms with Crippen LogP contribution in [0.1, 0.15) is 55.0 Å². The number of carbonyl (C=O) groups is 2. The van der Waals surface area contributed by atoms with Gasteiger partial charge in [0, 0.05) is 5.69 Å². The van der Waals surface area contributed by atoms with Crippen molar-refractivity contribution in [2.45, 2.75) is 33.4 Å². The van der Waals surface area contributed by atoms with E-state index in [1.165, 1.54) is 0 Å². The second-order valence-electron chi connectivity index (χ2n) is 6.25. The molecule has 0 bridgehead atoms. The number of aromatic carboxylic acids is 1. The molecular formula is C19H20N4O3S. The van der Waals surface area contributed by atoms with Crippen LogP contribution in [0.4, 0.5) is 0 Å². The zero-order valence-corrected chi connectivity index (χ0v) is 16.1. The number of carboxylic acids is 1. The first kappa shape index (κ1) is 18.8. The Hall–Kier alpha value is -3.00.